The number of primary sulfonamides is 1. The molecule has 7 nitrogen and oxygen atoms in total. The zero-order chi connectivity index (χ0) is 17.9. The molecule has 0 aliphatic heterocycles. The fourth-order valence-electron chi connectivity index (χ4n) is 2.10. The Bertz CT molecular complexity index is 860. The highest BCUT2D eigenvalue weighted by Crippen LogP contribution is 2.23. The average Bonchev–Trinajstić information content (AvgIpc) is 2.91. The van der Waals surface area contributed by atoms with E-state index in [4.69, 9.17) is 9.88 Å². The molecule has 9 heteroatoms. The van der Waals surface area contributed by atoms with Crippen molar-refractivity contribution in [2.24, 2.45) is 5.14 Å². The Hall–Kier alpha value is -1.97. The Kier molecular flexibility index (Phi) is 5.58. The van der Waals surface area contributed by atoms with Crippen LogP contribution in [0, 0.1) is 6.92 Å². The molecule has 2 aromatic rings. The van der Waals surface area contributed by atoms with Gasteiger partial charge in [-0.1, -0.05) is 6.92 Å². The zero-order valence-corrected chi connectivity index (χ0v) is 15.3. The maximum absolute atomic E-state index is 12.4. The molecule has 130 valence electrons. The number of carbonyl (C=O) groups excluding carboxylic acids is 1. The number of carbonyl (C=O) groups is 1. The summed E-state index contributed by atoms with van der Waals surface area (Å²) in [6.45, 7) is 4.22. The highest BCUT2D eigenvalue weighted by molar-refractivity contribution is 7.89. The second kappa shape index (κ2) is 7.29. The van der Waals surface area contributed by atoms with E-state index in [0.29, 0.717) is 6.54 Å². The lowest BCUT2D eigenvalue weighted by Gasteiger charge is -2.10. The number of aryl methyl sites for hydroxylation is 2. The van der Waals surface area contributed by atoms with E-state index in [-0.39, 0.29) is 16.2 Å². The lowest BCUT2D eigenvalue weighted by Crippen LogP contribution is -2.24. The number of rotatable bonds is 6. The van der Waals surface area contributed by atoms with Crippen LogP contribution in [-0.2, 0) is 23.0 Å². The van der Waals surface area contributed by atoms with E-state index in [2.05, 4.69) is 10.3 Å². The van der Waals surface area contributed by atoms with E-state index < -0.39 is 15.9 Å². The number of thiazole rings is 1. The summed E-state index contributed by atoms with van der Waals surface area (Å²) in [5, 5.41) is 8.88. The Morgan fingerprint density at radius 3 is 2.67 bits per heavy atom. The molecule has 0 saturated heterocycles. The minimum Gasteiger partial charge on any atom is -0.496 e. The molecule has 3 N–H and O–H groups in total. The van der Waals surface area contributed by atoms with Crippen LogP contribution < -0.4 is 15.2 Å². The van der Waals surface area contributed by atoms with Crippen LogP contribution in [0.5, 0.6) is 5.75 Å². The van der Waals surface area contributed by atoms with E-state index in [0.717, 1.165) is 22.0 Å². The number of aromatic nitrogens is 1. The van der Waals surface area contributed by atoms with Crippen LogP contribution >= 0.6 is 11.3 Å². The van der Waals surface area contributed by atoms with E-state index in [1.54, 1.807) is 11.3 Å². The minimum absolute atomic E-state index is 0.113. The van der Waals surface area contributed by atoms with Crippen LogP contribution in [0.15, 0.2) is 23.1 Å². The van der Waals surface area contributed by atoms with Crippen LogP contribution in [0.2, 0.25) is 0 Å². The van der Waals surface area contributed by atoms with Gasteiger partial charge in [-0.25, -0.2) is 18.5 Å². The van der Waals surface area contributed by atoms with Crippen molar-refractivity contribution in [1.29, 1.82) is 0 Å². The molecule has 0 spiro atoms. The lowest BCUT2D eigenvalue weighted by molar-refractivity contribution is 0.0948. The molecule has 0 unspecified atom stereocenters. The van der Waals surface area contributed by atoms with Crippen LogP contribution in [0.3, 0.4) is 0 Å². The van der Waals surface area contributed by atoms with E-state index in [1.165, 1.54) is 25.3 Å². The summed E-state index contributed by atoms with van der Waals surface area (Å²) < 4.78 is 28.1. The quantitative estimate of drug-likeness (QED) is 0.803. The summed E-state index contributed by atoms with van der Waals surface area (Å²) in [4.78, 5) is 17.6. The molecule has 0 radical (unpaired) electrons. The summed E-state index contributed by atoms with van der Waals surface area (Å²) in [5.74, 6) is -0.168. The predicted molar refractivity (Wildman–Crippen MR) is 91.8 cm³/mol. The number of benzene rings is 1. The van der Waals surface area contributed by atoms with Gasteiger partial charge in [0.2, 0.25) is 10.0 Å². The van der Waals surface area contributed by atoms with Gasteiger partial charge in [-0.05, 0) is 31.5 Å². The van der Waals surface area contributed by atoms with Crippen molar-refractivity contribution < 1.29 is 17.9 Å². The third kappa shape index (κ3) is 4.11. The number of hydrogen-bond donors (Lipinski definition) is 2. The summed E-state index contributed by atoms with van der Waals surface area (Å²) in [6.07, 6.45) is 0.837. The van der Waals surface area contributed by atoms with Crippen molar-refractivity contribution in [1.82, 2.24) is 10.3 Å². The van der Waals surface area contributed by atoms with Crippen LogP contribution in [-0.4, -0.2) is 26.4 Å². The summed E-state index contributed by atoms with van der Waals surface area (Å²) in [7, 11) is -2.49. The molecule has 24 heavy (non-hydrogen) atoms. The van der Waals surface area contributed by atoms with Gasteiger partial charge >= 0.3 is 0 Å². The molecule has 0 aliphatic rings. The number of ether oxygens (including phenoxy) is 1. The first-order valence-corrected chi connectivity index (χ1v) is 9.56. The van der Waals surface area contributed by atoms with Gasteiger partial charge in [-0.3, -0.25) is 4.79 Å². The van der Waals surface area contributed by atoms with E-state index >= 15 is 0 Å². The van der Waals surface area contributed by atoms with Gasteiger partial charge in [0.05, 0.1) is 34.8 Å². The first kappa shape index (κ1) is 18.4. The number of methoxy groups -OCH3 is 1. The fraction of sp³-hybridized carbons (Fsp3) is 0.333. The van der Waals surface area contributed by atoms with E-state index in [1.807, 2.05) is 13.8 Å². The second-order valence-corrected chi connectivity index (χ2v) is 7.79. The molecule has 1 aromatic heterocycles. The van der Waals surface area contributed by atoms with Crippen molar-refractivity contribution in [3.8, 4) is 5.75 Å². The molecule has 0 aliphatic carbocycles. The maximum atomic E-state index is 12.4. The highest BCUT2D eigenvalue weighted by atomic mass is 32.2. The largest absolute Gasteiger partial charge is 0.496 e. The third-order valence-electron chi connectivity index (χ3n) is 3.39. The number of hydrogen-bond acceptors (Lipinski definition) is 6. The normalized spacial score (nSPS) is 11.3. The number of nitrogens with zero attached hydrogens (tertiary/aromatic N) is 1. The zero-order valence-electron chi connectivity index (χ0n) is 13.6. The summed E-state index contributed by atoms with van der Waals surface area (Å²) >= 11 is 1.54. The number of nitrogens with two attached hydrogens (primary N) is 1. The number of amides is 1. The number of nitrogens with one attached hydrogen (secondary N) is 1. The maximum Gasteiger partial charge on any atom is 0.255 e. The smallest absolute Gasteiger partial charge is 0.255 e. The van der Waals surface area contributed by atoms with Crippen LogP contribution in [0.1, 0.15) is 32.9 Å². The van der Waals surface area contributed by atoms with Crippen molar-refractivity contribution in [2.45, 2.75) is 31.7 Å². The second-order valence-electron chi connectivity index (χ2n) is 5.06. The van der Waals surface area contributed by atoms with Crippen LogP contribution in [0.25, 0.3) is 0 Å². The van der Waals surface area contributed by atoms with Gasteiger partial charge in [-0.15, -0.1) is 11.3 Å². The van der Waals surface area contributed by atoms with Gasteiger partial charge in [0.1, 0.15) is 5.75 Å². The monoisotopic (exact) mass is 369 g/mol. The Morgan fingerprint density at radius 1 is 1.42 bits per heavy atom. The van der Waals surface area contributed by atoms with Crippen molar-refractivity contribution >= 4 is 27.3 Å². The molecular formula is C15H19N3O4S2. The molecule has 0 atom stereocenters. The predicted octanol–water partition coefficient (Wildman–Crippen LogP) is 1.60. The third-order valence-corrected chi connectivity index (χ3v) is 5.61. The molecule has 1 aromatic carbocycles. The van der Waals surface area contributed by atoms with Gasteiger partial charge in [0, 0.05) is 4.88 Å². The van der Waals surface area contributed by atoms with Gasteiger partial charge in [-0.2, -0.15) is 0 Å². The molecule has 0 fully saturated rings. The van der Waals surface area contributed by atoms with Gasteiger partial charge < -0.3 is 10.1 Å². The molecule has 2 rings (SSSR count). The van der Waals surface area contributed by atoms with Crippen molar-refractivity contribution in [3.63, 3.8) is 0 Å². The molecule has 0 saturated carbocycles. The Labute approximate surface area is 144 Å². The molecule has 1 heterocycles. The van der Waals surface area contributed by atoms with Crippen molar-refractivity contribution in [2.75, 3.05) is 7.11 Å². The van der Waals surface area contributed by atoms with E-state index in [9.17, 15) is 13.2 Å². The highest BCUT2D eigenvalue weighted by Gasteiger charge is 2.18. The summed E-state index contributed by atoms with van der Waals surface area (Å²) in [5.41, 5.74) is 0.990. The van der Waals surface area contributed by atoms with Crippen LogP contribution in [0.4, 0.5) is 0 Å². The fourth-order valence-corrected chi connectivity index (χ4v) is 3.59. The van der Waals surface area contributed by atoms with Gasteiger partial charge in [0.25, 0.3) is 5.91 Å². The van der Waals surface area contributed by atoms with Gasteiger partial charge in [0.15, 0.2) is 0 Å². The first-order valence-electron chi connectivity index (χ1n) is 7.20. The lowest BCUT2D eigenvalue weighted by atomic mass is 10.2. The SMILES string of the molecule is CCc1nc(C)c(CNC(=O)c2cc(S(N)(=O)=O)ccc2OC)s1. The van der Waals surface area contributed by atoms with Crippen molar-refractivity contribution in [3.05, 3.63) is 39.3 Å². The topological polar surface area (TPSA) is 111 Å². The number of sulfonamides is 1. The molecular weight excluding hydrogens is 350 g/mol. The Balaban J connectivity index is 2.23. The average molecular weight is 369 g/mol. The minimum atomic E-state index is -3.90. The molecule has 1 amide bonds. The summed E-state index contributed by atoms with van der Waals surface area (Å²) in [6, 6.07) is 3.91. The first-order chi connectivity index (χ1) is 11.3. The molecule has 0 bridgehead atoms. The standard InChI is InChI=1S/C15H19N3O4S2/c1-4-14-18-9(2)13(23-14)8-17-15(19)11-7-10(24(16,20)21)5-6-12(11)22-3/h5-7H,4,8H2,1-3H3,(H,17,19)(H2,16,20,21). The Morgan fingerprint density at radius 2 is 2.12 bits per heavy atom.